The summed E-state index contributed by atoms with van der Waals surface area (Å²) in [7, 11) is 2.72. The molecule has 5 heteroatoms. The Bertz CT molecular complexity index is 273. The van der Waals surface area contributed by atoms with Crippen LogP contribution in [0.4, 0.5) is 0 Å². The fraction of sp³-hybridized carbons (Fsp3) is 1.00. The van der Waals surface area contributed by atoms with E-state index >= 15 is 0 Å². The van der Waals surface area contributed by atoms with Crippen LogP contribution in [0.3, 0.4) is 0 Å². The van der Waals surface area contributed by atoms with Crippen molar-refractivity contribution in [1.29, 1.82) is 0 Å². The average molecular weight is 305 g/mol. The summed E-state index contributed by atoms with van der Waals surface area (Å²) in [5.41, 5.74) is 0.356. The summed E-state index contributed by atoms with van der Waals surface area (Å²) >= 11 is 0. The van der Waals surface area contributed by atoms with Crippen molar-refractivity contribution in [3.8, 4) is 0 Å². The van der Waals surface area contributed by atoms with Gasteiger partial charge in [0, 0.05) is 40.2 Å². The first-order valence-electron chi connectivity index (χ1n) is 7.86. The molecule has 0 aliphatic carbocycles. The summed E-state index contributed by atoms with van der Waals surface area (Å²) in [6, 6.07) is 0.917. The number of nitrogens with zero attached hydrogens (tertiary/aromatic N) is 1. The minimum absolute atomic E-state index is 0.356. The number of hydrogen-bond acceptors (Lipinski definition) is 3. The lowest BCUT2D eigenvalue weighted by Crippen LogP contribution is -2.58. The Morgan fingerprint density at radius 2 is 1.40 bits per heavy atom. The van der Waals surface area contributed by atoms with Gasteiger partial charge in [-0.25, -0.2) is 0 Å². The maximum absolute atomic E-state index is 5.49. The molecule has 0 amide bonds. The Kier molecular flexibility index (Phi) is 6.66. The van der Waals surface area contributed by atoms with Gasteiger partial charge in [0.15, 0.2) is 0 Å². The zero-order valence-electron chi connectivity index (χ0n) is 14.3. The molecule has 0 radical (unpaired) electrons. The largest absolute Gasteiger partial charge is 0.500 e. The van der Waals surface area contributed by atoms with Crippen molar-refractivity contribution in [3.63, 3.8) is 0 Å². The van der Waals surface area contributed by atoms with E-state index in [4.69, 9.17) is 13.3 Å². The molecule has 4 nitrogen and oxygen atoms in total. The van der Waals surface area contributed by atoms with E-state index in [2.05, 4.69) is 20.8 Å². The molecule has 1 heterocycles. The Morgan fingerprint density at radius 3 is 1.80 bits per heavy atom. The highest BCUT2D eigenvalue weighted by Crippen LogP contribution is 2.32. The summed E-state index contributed by atoms with van der Waals surface area (Å²) in [4.78, 5) is 0. The fourth-order valence-electron chi connectivity index (χ4n) is 3.48. The number of quaternary nitrogens is 1. The fourth-order valence-corrected chi connectivity index (χ4v) is 5.28. The lowest BCUT2D eigenvalue weighted by Gasteiger charge is -2.46. The molecule has 1 rings (SSSR count). The predicted octanol–water partition coefficient (Wildman–Crippen LogP) is 3.05. The quantitative estimate of drug-likeness (QED) is 0.392. The Balaban J connectivity index is 2.46. The topological polar surface area (TPSA) is 27.7 Å². The SMILES string of the molecule is CO[Si](CCCC[N+]1(C(C)(C)C)CCCC1)(OC)OC. The molecule has 120 valence electrons. The molecular formula is C15H34NO3Si+. The first-order valence-corrected chi connectivity index (χ1v) is 9.79. The number of hydrogen-bond donors (Lipinski definition) is 0. The van der Waals surface area contributed by atoms with Crippen molar-refractivity contribution in [2.75, 3.05) is 41.0 Å². The molecule has 0 aromatic heterocycles. The summed E-state index contributed by atoms with van der Waals surface area (Å²) in [5, 5.41) is 0. The second-order valence-electron chi connectivity index (χ2n) is 6.95. The Labute approximate surface area is 126 Å². The van der Waals surface area contributed by atoms with Gasteiger partial charge >= 0.3 is 8.80 Å². The molecule has 1 saturated heterocycles. The van der Waals surface area contributed by atoms with Gasteiger partial charge in [-0.1, -0.05) is 0 Å². The highest BCUT2D eigenvalue weighted by atomic mass is 28.4. The summed E-state index contributed by atoms with van der Waals surface area (Å²) in [6.07, 6.45) is 5.11. The smallest absolute Gasteiger partial charge is 0.377 e. The number of rotatable bonds is 8. The Hall–Kier alpha value is 0.0569. The van der Waals surface area contributed by atoms with E-state index in [-0.39, 0.29) is 0 Å². The number of likely N-dealkylation sites (tertiary alicyclic amines) is 1. The van der Waals surface area contributed by atoms with Gasteiger partial charge in [-0.05, 0) is 33.6 Å². The van der Waals surface area contributed by atoms with Crippen molar-refractivity contribution in [3.05, 3.63) is 0 Å². The molecular weight excluding hydrogens is 270 g/mol. The summed E-state index contributed by atoms with van der Waals surface area (Å²) < 4.78 is 17.7. The van der Waals surface area contributed by atoms with Crippen molar-refractivity contribution in [2.45, 2.75) is 58.0 Å². The van der Waals surface area contributed by atoms with Crippen LogP contribution in [0, 0.1) is 0 Å². The van der Waals surface area contributed by atoms with Gasteiger partial charge in [0.2, 0.25) is 0 Å². The third kappa shape index (κ3) is 4.04. The predicted molar refractivity (Wildman–Crippen MR) is 84.7 cm³/mol. The van der Waals surface area contributed by atoms with E-state index in [1.54, 1.807) is 21.3 Å². The van der Waals surface area contributed by atoms with Gasteiger partial charge in [0.25, 0.3) is 0 Å². The number of unbranched alkanes of at least 4 members (excludes halogenated alkanes) is 1. The van der Waals surface area contributed by atoms with Crippen LogP contribution in [0.15, 0.2) is 0 Å². The molecule has 20 heavy (non-hydrogen) atoms. The van der Waals surface area contributed by atoms with E-state index in [1.807, 2.05) is 0 Å². The molecule has 0 aromatic carbocycles. The molecule has 1 aliphatic heterocycles. The van der Waals surface area contributed by atoms with Crippen LogP contribution in [-0.2, 0) is 13.3 Å². The highest BCUT2D eigenvalue weighted by Gasteiger charge is 2.42. The minimum Gasteiger partial charge on any atom is -0.377 e. The maximum Gasteiger partial charge on any atom is 0.500 e. The third-order valence-corrected chi connectivity index (χ3v) is 7.93. The maximum atomic E-state index is 5.49. The molecule has 0 unspecified atom stereocenters. The van der Waals surface area contributed by atoms with E-state index in [1.165, 1.54) is 43.4 Å². The molecule has 0 atom stereocenters. The van der Waals surface area contributed by atoms with Crippen LogP contribution in [0.5, 0.6) is 0 Å². The zero-order valence-corrected chi connectivity index (χ0v) is 15.3. The van der Waals surface area contributed by atoms with Gasteiger partial charge in [-0.2, -0.15) is 0 Å². The lowest BCUT2D eigenvalue weighted by atomic mass is 10.0. The monoisotopic (exact) mass is 304 g/mol. The van der Waals surface area contributed by atoms with E-state index in [0.717, 1.165) is 12.5 Å². The lowest BCUT2D eigenvalue weighted by molar-refractivity contribution is -0.960. The molecule has 1 fully saturated rings. The molecule has 1 aliphatic rings. The van der Waals surface area contributed by atoms with Gasteiger partial charge in [-0.15, -0.1) is 0 Å². The zero-order chi connectivity index (χ0) is 15.3. The van der Waals surface area contributed by atoms with Crippen molar-refractivity contribution < 1.29 is 17.8 Å². The van der Waals surface area contributed by atoms with Crippen LogP contribution in [-0.4, -0.2) is 59.8 Å². The van der Waals surface area contributed by atoms with E-state index in [0.29, 0.717) is 5.54 Å². The van der Waals surface area contributed by atoms with Crippen LogP contribution in [0.25, 0.3) is 0 Å². The average Bonchev–Trinajstić information content (AvgIpc) is 2.90. The van der Waals surface area contributed by atoms with Crippen molar-refractivity contribution in [1.82, 2.24) is 0 Å². The first kappa shape index (κ1) is 18.1. The van der Waals surface area contributed by atoms with Gasteiger partial charge < -0.3 is 17.8 Å². The normalized spacial score (nSPS) is 19.5. The minimum atomic E-state index is -2.37. The molecule has 0 N–H and O–H groups in total. The van der Waals surface area contributed by atoms with E-state index < -0.39 is 8.80 Å². The van der Waals surface area contributed by atoms with Gasteiger partial charge in [0.05, 0.1) is 25.2 Å². The second-order valence-corrected chi connectivity index (χ2v) is 10.0. The first-order chi connectivity index (χ1) is 9.35. The van der Waals surface area contributed by atoms with Gasteiger partial charge in [-0.3, -0.25) is 0 Å². The van der Waals surface area contributed by atoms with Crippen LogP contribution >= 0.6 is 0 Å². The summed E-state index contributed by atoms with van der Waals surface area (Å²) in [5.74, 6) is 0. The van der Waals surface area contributed by atoms with Crippen LogP contribution in [0.1, 0.15) is 46.5 Å². The molecule has 0 spiro atoms. The molecule has 0 bridgehead atoms. The van der Waals surface area contributed by atoms with Crippen LogP contribution < -0.4 is 0 Å². The molecule has 0 saturated carbocycles. The van der Waals surface area contributed by atoms with Gasteiger partial charge in [0.1, 0.15) is 0 Å². The Morgan fingerprint density at radius 1 is 0.900 bits per heavy atom. The highest BCUT2D eigenvalue weighted by molar-refractivity contribution is 6.60. The van der Waals surface area contributed by atoms with Crippen molar-refractivity contribution in [2.24, 2.45) is 0 Å². The van der Waals surface area contributed by atoms with E-state index in [9.17, 15) is 0 Å². The van der Waals surface area contributed by atoms with Crippen molar-refractivity contribution >= 4 is 8.80 Å². The second kappa shape index (κ2) is 7.36. The summed E-state index contributed by atoms with van der Waals surface area (Å²) in [6.45, 7) is 11.1. The third-order valence-electron chi connectivity index (χ3n) is 5.10. The van der Waals surface area contributed by atoms with Crippen LogP contribution in [0.2, 0.25) is 6.04 Å². The standard InChI is InChI=1S/C15H34NO3Si/c1-15(2,3)16(11-7-8-12-16)13-9-10-14-20(17-4,18-5)19-6/h7-14H2,1-6H3/q+1. The molecule has 0 aromatic rings.